The standard InChI is InChI=1S/C5H11NO2.CH2O3.2Na/c1-6(2,3)4-5(7)8;2-1(3)4;;/h4H2,1-3H3;(H2,2,3,4);;/q;;2*+1/p-2. The summed E-state index contributed by atoms with van der Waals surface area (Å²) in [5, 5.41) is 26.6. The number of carbonyl (C=O) groups is 2. The summed E-state index contributed by atoms with van der Waals surface area (Å²) in [6, 6.07) is 0. The Labute approximate surface area is 127 Å². The van der Waals surface area contributed by atoms with Crippen LogP contribution >= 0.6 is 0 Å². The second kappa shape index (κ2) is 11.8. The number of carboxylic acids is 1. The van der Waals surface area contributed by atoms with E-state index in [4.69, 9.17) is 15.0 Å². The average molecular weight is 223 g/mol. The fourth-order valence-corrected chi connectivity index (χ4v) is 0.387. The van der Waals surface area contributed by atoms with E-state index < -0.39 is 12.1 Å². The number of hydrogen-bond donors (Lipinski definition) is 0. The fraction of sp³-hybridized carbons (Fsp3) is 0.667. The first-order chi connectivity index (χ1) is 5.15. The Morgan fingerprint density at radius 3 is 1.21 bits per heavy atom. The molecule has 0 saturated heterocycles. The molecule has 0 rings (SSSR count). The summed E-state index contributed by atoms with van der Waals surface area (Å²) in [6.07, 6.45) is -2.33. The SMILES string of the molecule is C[N+](C)(C)CC(=O)[O-].O=C([O-])[O-].[Na+].[Na+]. The zero-order valence-corrected chi connectivity index (χ0v) is 13.2. The number of nitrogens with zero attached hydrogens (tertiary/aromatic N) is 1. The van der Waals surface area contributed by atoms with Gasteiger partial charge in [-0.25, -0.2) is 0 Å². The van der Waals surface area contributed by atoms with Crippen LogP contribution < -0.4 is 74.4 Å². The molecule has 0 atom stereocenters. The number of carboxylic acid groups (broad SMARTS) is 3. The van der Waals surface area contributed by atoms with Crippen LogP contribution in [0.5, 0.6) is 0 Å². The van der Waals surface area contributed by atoms with Gasteiger partial charge in [-0.2, -0.15) is 0 Å². The van der Waals surface area contributed by atoms with Crippen LogP contribution in [0.15, 0.2) is 0 Å². The molecule has 0 aromatic carbocycles. The Balaban J connectivity index is -0.0000000733. The normalized spacial score (nSPS) is 8.21. The third kappa shape index (κ3) is 53.5. The molecule has 0 N–H and O–H groups in total. The molecule has 0 aliphatic rings. The maximum Gasteiger partial charge on any atom is 1.00 e. The molecule has 0 aromatic heterocycles. The van der Waals surface area contributed by atoms with Crippen molar-refractivity contribution in [3.05, 3.63) is 0 Å². The van der Waals surface area contributed by atoms with Crippen molar-refractivity contribution in [2.45, 2.75) is 0 Å². The molecule has 6 nitrogen and oxygen atoms in total. The van der Waals surface area contributed by atoms with Crippen molar-refractivity contribution in [2.24, 2.45) is 0 Å². The van der Waals surface area contributed by atoms with Crippen LogP contribution in [0.2, 0.25) is 0 Å². The summed E-state index contributed by atoms with van der Waals surface area (Å²) in [5.74, 6) is -1.00. The number of carbonyl (C=O) groups excluding carboxylic acids is 2. The minimum Gasteiger partial charge on any atom is -0.652 e. The van der Waals surface area contributed by atoms with Crippen molar-refractivity contribution in [1.82, 2.24) is 0 Å². The van der Waals surface area contributed by atoms with Crippen LogP contribution in [-0.4, -0.2) is 44.3 Å². The molecule has 0 radical (unpaired) electrons. The first-order valence-corrected chi connectivity index (χ1v) is 3.03. The quantitative estimate of drug-likeness (QED) is 0.341. The second-order valence-corrected chi connectivity index (χ2v) is 3.07. The van der Waals surface area contributed by atoms with E-state index in [-0.39, 0.29) is 65.7 Å². The van der Waals surface area contributed by atoms with Crippen molar-refractivity contribution < 1.29 is 88.5 Å². The minimum atomic E-state index is -2.33. The van der Waals surface area contributed by atoms with E-state index in [1.165, 1.54) is 0 Å². The summed E-state index contributed by atoms with van der Waals surface area (Å²) >= 11 is 0. The van der Waals surface area contributed by atoms with E-state index in [1.54, 1.807) is 21.1 Å². The maximum atomic E-state index is 9.89. The Kier molecular flexibility index (Phi) is 20.3. The molecule has 0 aliphatic carbocycles. The number of hydrogen-bond acceptors (Lipinski definition) is 5. The van der Waals surface area contributed by atoms with E-state index in [0.717, 1.165) is 0 Å². The van der Waals surface area contributed by atoms with Gasteiger partial charge in [-0.15, -0.1) is 0 Å². The molecule has 0 bridgehead atoms. The van der Waals surface area contributed by atoms with Gasteiger partial charge < -0.3 is 29.4 Å². The third-order valence-electron chi connectivity index (χ3n) is 0.603. The summed E-state index contributed by atoms with van der Waals surface area (Å²) in [4.78, 5) is 18.2. The summed E-state index contributed by atoms with van der Waals surface area (Å²) < 4.78 is 0.419. The van der Waals surface area contributed by atoms with Gasteiger partial charge in [-0.1, -0.05) is 0 Å². The van der Waals surface area contributed by atoms with Crippen molar-refractivity contribution >= 4 is 12.1 Å². The zero-order chi connectivity index (χ0) is 10.4. The number of aliphatic carboxylic acids is 1. The van der Waals surface area contributed by atoms with Gasteiger partial charge in [0.25, 0.3) is 0 Å². The van der Waals surface area contributed by atoms with E-state index in [0.29, 0.717) is 4.48 Å². The van der Waals surface area contributed by atoms with Gasteiger partial charge in [0, 0.05) is 0 Å². The smallest absolute Gasteiger partial charge is 0.652 e. The minimum absolute atomic E-state index is 0. The summed E-state index contributed by atoms with van der Waals surface area (Å²) in [6.45, 7) is 0.0694. The molecule has 72 valence electrons. The largest absolute Gasteiger partial charge is 1.00 e. The monoisotopic (exact) mass is 223 g/mol. The van der Waals surface area contributed by atoms with Gasteiger partial charge in [0.2, 0.25) is 0 Å². The first-order valence-electron chi connectivity index (χ1n) is 3.03. The molecule has 0 spiro atoms. The summed E-state index contributed by atoms with van der Waals surface area (Å²) in [5.41, 5.74) is 0. The van der Waals surface area contributed by atoms with Gasteiger partial charge >= 0.3 is 59.1 Å². The zero-order valence-electron chi connectivity index (χ0n) is 9.20. The van der Waals surface area contributed by atoms with Crippen molar-refractivity contribution in [3.63, 3.8) is 0 Å². The Hall–Kier alpha value is 0.700. The van der Waals surface area contributed by atoms with Crippen LogP contribution in [0.3, 0.4) is 0 Å². The molecular formula is C6H11NNa2O5. The van der Waals surface area contributed by atoms with Gasteiger partial charge in [0.1, 0.15) is 6.54 Å². The topological polar surface area (TPSA) is 103 Å². The Bertz CT molecular complexity index is 164. The van der Waals surface area contributed by atoms with E-state index in [2.05, 4.69) is 0 Å². The molecule has 0 aliphatic heterocycles. The van der Waals surface area contributed by atoms with Gasteiger partial charge in [0.15, 0.2) is 0 Å². The number of quaternary nitrogens is 1. The molecule has 0 fully saturated rings. The Morgan fingerprint density at radius 1 is 1.00 bits per heavy atom. The molecule has 0 unspecified atom stereocenters. The van der Waals surface area contributed by atoms with E-state index in [1.807, 2.05) is 0 Å². The van der Waals surface area contributed by atoms with E-state index >= 15 is 0 Å². The fourth-order valence-electron chi connectivity index (χ4n) is 0.387. The molecule has 0 heterocycles. The first kappa shape index (κ1) is 24.1. The second-order valence-electron chi connectivity index (χ2n) is 3.07. The predicted octanol–water partition coefficient (Wildman–Crippen LogP) is -10.00. The van der Waals surface area contributed by atoms with Gasteiger partial charge in [-0.05, 0) is 6.16 Å². The molecule has 0 aromatic rings. The molecule has 0 saturated carbocycles. The van der Waals surface area contributed by atoms with Crippen molar-refractivity contribution in [1.29, 1.82) is 0 Å². The van der Waals surface area contributed by atoms with Crippen molar-refractivity contribution in [2.75, 3.05) is 27.7 Å². The van der Waals surface area contributed by atoms with Crippen molar-refractivity contribution in [3.8, 4) is 0 Å². The molecule has 8 heteroatoms. The van der Waals surface area contributed by atoms with E-state index in [9.17, 15) is 9.90 Å². The van der Waals surface area contributed by atoms with Crippen LogP contribution in [0, 0.1) is 0 Å². The molecule has 0 amide bonds. The number of likely N-dealkylation sites (N-methyl/N-ethyl adjacent to an activating group) is 1. The van der Waals surface area contributed by atoms with Gasteiger partial charge in [-0.3, -0.25) is 0 Å². The predicted molar refractivity (Wildman–Crippen MR) is 33.3 cm³/mol. The average Bonchev–Trinajstić information content (AvgIpc) is 1.52. The summed E-state index contributed by atoms with van der Waals surface area (Å²) in [7, 11) is 5.40. The van der Waals surface area contributed by atoms with Crippen LogP contribution in [0.25, 0.3) is 0 Å². The Morgan fingerprint density at radius 2 is 1.21 bits per heavy atom. The van der Waals surface area contributed by atoms with Gasteiger partial charge in [0.05, 0.1) is 27.1 Å². The molecule has 14 heavy (non-hydrogen) atoms. The van der Waals surface area contributed by atoms with Crippen LogP contribution in [-0.2, 0) is 4.79 Å². The van der Waals surface area contributed by atoms with Crippen LogP contribution in [0.1, 0.15) is 0 Å². The maximum absolute atomic E-state index is 9.89. The number of rotatable bonds is 2. The van der Waals surface area contributed by atoms with Crippen LogP contribution in [0.4, 0.5) is 4.79 Å². The molecular weight excluding hydrogens is 212 g/mol. The third-order valence-corrected chi connectivity index (χ3v) is 0.603.